The fourth-order valence-corrected chi connectivity index (χ4v) is 3.66. The number of esters is 1. The third-order valence-corrected chi connectivity index (χ3v) is 5.18. The van der Waals surface area contributed by atoms with Crippen molar-refractivity contribution in [2.75, 3.05) is 6.61 Å². The molecule has 1 aliphatic heterocycles. The molecule has 2 fully saturated rings. The molecule has 2 aliphatic rings. The summed E-state index contributed by atoms with van der Waals surface area (Å²) >= 11 is 0. The number of rotatable bonds is 7. The second-order valence-electron chi connectivity index (χ2n) is 7.47. The van der Waals surface area contributed by atoms with E-state index in [4.69, 9.17) is 14.2 Å². The van der Waals surface area contributed by atoms with Crippen LogP contribution >= 0.6 is 0 Å². The number of hydrogen-bond acceptors (Lipinski definition) is 6. The zero-order valence-electron chi connectivity index (χ0n) is 15.1. The largest absolute Gasteiger partial charge is 0.479 e. The Balaban J connectivity index is 2.36. The predicted octanol–water partition coefficient (Wildman–Crippen LogP) is 1.52. The average Bonchev–Trinajstić information content (AvgIpc) is 3.16. The average molecular weight is 358 g/mol. The summed E-state index contributed by atoms with van der Waals surface area (Å²) in [5.74, 6) is -5.62. The van der Waals surface area contributed by atoms with Crippen LogP contribution in [0.4, 0.5) is 0 Å². The van der Waals surface area contributed by atoms with E-state index in [0.717, 1.165) is 0 Å². The smallest absolute Gasteiger partial charge is 0.339 e. The van der Waals surface area contributed by atoms with Gasteiger partial charge in [-0.2, -0.15) is 0 Å². The Labute approximate surface area is 146 Å². The van der Waals surface area contributed by atoms with E-state index < -0.39 is 41.3 Å². The quantitative estimate of drug-likeness (QED) is 0.657. The van der Waals surface area contributed by atoms with Gasteiger partial charge in [-0.05, 0) is 12.3 Å². The molecule has 8 heteroatoms. The van der Waals surface area contributed by atoms with E-state index >= 15 is 0 Å². The highest BCUT2D eigenvalue weighted by Gasteiger charge is 2.71. The molecule has 1 saturated heterocycles. The molecule has 0 bridgehead atoms. The lowest BCUT2D eigenvalue weighted by Gasteiger charge is -2.35. The normalized spacial score (nSPS) is 37.3. The van der Waals surface area contributed by atoms with Gasteiger partial charge in [0.05, 0.1) is 6.61 Å². The third kappa shape index (κ3) is 3.13. The van der Waals surface area contributed by atoms with E-state index in [2.05, 4.69) is 0 Å². The van der Waals surface area contributed by atoms with Gasteiger partial charge in [0.15, 0.2) is 11.9 Å². The lowest BCUT2D eigenvalue weighted by atomic mass is 9.84. The third-order valence-electron chi connectivity index (χ3n) is 5.18. The maximum atomic E-state index is 12.0. The second kappa shape index (κ2) is 6.57. The van der Waals surface area contributed by atoms with Crippen LogP contribution < -0.4 is 0 Å². The molecule has 142 valence electrons. The van der Waals surface area contributed by atoms with Crippen molar-refractivity contribution in [3.05, 3.63) is 0 Å². The summed E-state index contributed by atoms with van der Waals surface area (Å²) in [6, 6.07) is 0. The van der Waals surface area contributed by atoms with Crippen molar-refractivity contribution in [3.63, 3.8) is 0 Å². The van der Waals surface area contributed by atoms with Gasteiger partial charge in [-0.15, -0.1) is 0 Å². The molecule has 2 rings (SSSR count). The van der Waals surface area contributed by atoms with Crippen LogP contribution in [0.2, 0.25) is 0 Å². The van der Waals surface area contributed by atoms with Gasteiger partial charge in [0.25, 0.3) is 0 Å². The van der Waals surface area contributed by atoms with Crippen molar-refractivity contribution in [2.24, 2.45) is 23.7 Å². The minimum atomic E-state index is -1.97. The van der Waals surface area contributed by atoms with E-state index in [0.29, 0.717) is 6.42 Å². The Morgan fingerprint density at radius 1 is 1.16 bits per heavy atom. The Morgan fingerprint density at radius 3 is 2.12 bits per heavy atom. The van der Waals surface area contributed by atoms with E-state index in [-0.39, 0.29) is 24.4 Å². The molecular formula is C17H26O8. The lowest BCUT2D eigenvalue weighted by molar-refractivity contribution is -0.242. The number of carbonyl (C=O) groups is 3. The molecule has 5 atom stereocenters. The van der Waals surface area contributed by atoms with Gasteiger partial charge in [-0.1, -0.05) is 27.7 Å². The summed E-state index contributed by atoms with van der Waals surface area (Å²) in [5, 5.41) is 19.3. The molecule has 0 aromatic heterocycles. The van der Waals surface area contributed by atoms with Crippen molar-refractivity contribution >= 4 is 17.9 Å². The van der Waals surface area contributed by atoms with E-state index in [1.807, 2.05) is 0 Å². The summed E-state index contributed by atoms with van der Waals surface area (Å²) in [7, 11) is 0. The number of carbonyl (C=O) groups excluding carboxylic acids is 1. The maximum Gasteiger partial charge on any atom is 0.339 e. The highest BCUT2D eigenvalue weighted by molar-refractivity contribution is 5.88. The first-order valence-corrected chi connectivity index (χ1v) is 8.46. The fraction of sp³-hybridized carbons (Fsp3) is 0.824. The SMILES string of the molecule is CC(=O)OC[C@@H]1C[C@@H]1C1(C(C)C)O[C@@H](C(=O)O)[C@@](C(=O)O)(C(C)C)O1. The van der Waals surface area contributed by atoms with Gasteiger partial charge < -0.3 is 24.4 Å². The monoisotopic (exact) mass is 358 g/mol. The van der Waals surface area contributed by atoms with Gasteiger partial charge in [0, 0.05) is 24.7 Å². The van der Waals surface area contributed by atoms with Crippen molar-refractivity contribution in [3.8, 4) is 0 Å². The van der Waals surface area contributed by atoms with Crippen LogP contribution in [0.25, 0.3) is 0 Å². The molecule has 0 aromatic carbocycles. The molecular weight excluding hydrogens is 332 g/mol. The predicted molar refractivity (Wildman–Crippen MR) is 84.6 cm³/mol. The number of carboxylic acid groups (broad SMARTS) is 2. The molecule has 1 saturated carbocycles. The fourth-order valence-electron chi connectivity index (χ4n) is 3.66. The molecule has 25 heavy (non-hydrogen) atoms. The second-order valence-corrected chi connectivity index (χ2v) is 7.47. The molecule has 0 radical (unpaired) electrons. The first kappa shape index (κ1) is 19.7. The van der Waals surface area contributed by atoms with Crippen LogP contribution in [-0.4, -0.2) is 52.2 Å². The first-order chi connectivity index (χ1) is 11.5. The molecule has 0 spiro atoms. The number of aliphatic carboxylic acids is 2. The molecule has 0 aromatic rings. The minimum Gasteiger partial charge on any atom is -0.479 e. The Bertz CT molecular complexity index is 571. The van der Waals surface area contributed by atoms with Crippen LogP contribution in [0.3, 0.4) is 0 Å². The van der Waals surface area contributed by atoms with Crippen LogP contribution in [-0.2, 0) is 28.6 Å². The van der Waals surface area contributed by atoms with E-state index in [9.17, 15) is 24.6 Å². The highest BCUT2D eigenvalue weighted by Crippen LogP contribution is 2.58. The van der Waals surface area contributed by atoms with Crippen molar-refractivity contribution in [1.29, 1.82) is 0 Å². The minimum absolute atomic E-state index is 0.0440. The van der Waals surface area contributed by atoms with Crippen LogP contribution in [0.5, 0.6) is 0 Å². The summed E-state index contributed by atoms with van der Waals surface area (Å²) < 4.78 is 16.9. The Hall–Kier alpha value is -1.67. The summed E-state index contributed by atoms with van der Waals surface area (Å²) in [6.45, 7) is 8.31. The van der Waals surface area contributed by atoms with E-state index in [1.54, 1.807) is 27.7 Å². The first-order valence-electron chi connectivity index (χ1n) is 8.46. The Morgan fingerprint density at radius 2 is 1.76 bits per heavy atom. The lowest BCUT2D eigenvalue weighted by Crippen LogP contribution is -2.55. The molecule has 1 heterocycles. The molecule has 2 N–H and O–H groups in total. The van der Waals surface area contributed by atoms with E-state index in [1.165, 1.54) is 6.92 Å². The summed E-state index contributed by atoms with van der Waals surface area (Å²) in [6.07, 6.45) is -0.992. The highest BCUT2D eigenvalue weighted by atomic mass is 16.8. The van der Waals surface area contributed by atoms with Gasteiger partial charge in [0.1, 0.15) is 0 Å². The zero-order valence-corrected chi connectivity index (χ0v) is 15.1. The Kier molecular flexibility index (Phi) is 5.16. The van der Waals surface area contributed by atoms with Crippen LogP contribution in [0, 0.1) is 23.7 Å². The number of carboxylic acids is 2. The standard InChI is InChI=1S/C17H26O8/c1-8(2)16(15(21)22)13(14(19)20)24-17(25-16,9(3)4)12-6-11(12)7-23-10(5)18/h8-9,11-13H,6-7H2,1-5H3,(H,19,20)(H,21,22)/t11-,12-,13-,16+,17?/m0/s1. The summed E-state index contributed by atoms with van der Waals surface area (Å²) in [5.41, 5.74) is -1.97. The van der Waals surface area contributed by atoms with Gasteiger partial charge in [0.2, 0.25) is 5.60 Å². The number of hydrogen-bond donors (Lipinski definition) is 2. The van der Waals surface area contributed by atoms with Gasteiger partial charge in [-0.25, -0.2) is 9.59 Å². The van der Waals surface area contributed by atoms with Gasteiger partial charge in [-0.3, -0.25) is 4.79 Å². The molecule has 1 aliphatic carbocycles. The molecule has 1 unspecified atom stereocenters. The summed E-state index contributed by atoms with van der Waals surface area (Å²) in [4.78, 5) is 34.7. The van der Waals surface area contributed by atoms with Crippen molar-refractivity contribution in [1.82, 2.24) is 0 Å². The zero-order chi connectivity index (χ0) is 19.2. The molecule has 0 amide bonds. The molecule has 8 nitrogen and oxygen atoms in total. The van der Waals surface area contributed by atoms with Crippen molar-refractivity contribution < 1.29 is 38.8 Å². The van der Waals surface area contributed by atoms with Crippen LogP contribution in [0.15, 0.2) is 0 Å². The van der Waals surface area contributed by atoms with Gasteiger partial charge >= 0.3 is 17.9 Å². The topological polar surface area (TPSA) is 119 Å². The van der Waals surface area contributed by atoms with Crippen LogP contribution in [0.1, 0.15) is 41.0 Å². The maximum absolute atomic E-state index is 12.0. The number of ether oxygens (including phenoxy) is 3. The van der Waals surface area contributed by atoms with Crippen molar-refractivity contribution in [2.45, 2.75) is 58.5 Å².